The highest BCUT2D eigenvalue weighted by molar-refractivity contribution is 6.33. The molecule has 3 heteroatoms. The minimum absolute atomic E-state index is 0.915. The van der Waals surface area contributed by atoms with Gasteiger partial charge in [0.1, 0.15) is 19.2 Å². The molecule has 1 aromatic heterocycles. The zero-order valence-electron chi connectivity index (χ0n) is 10.5. The lowest BCUT2D eigenvalue weighted by atomic mass is 9.95. The molecule has 2 aromatic carbocycles. The zero-order chi connectivity index (χ0) is 12.5. The molecule has 0 aliphatic rings. The van der Waals surface area contributed by atoms with Crippen molar-refractivity contribution in [1.29, 1.82) is 0 Å². The van der Waals surface area contributed by atoms with Gasteiger partial charge in [0.25, 0.3) is 0 Å². The molecule has 0 atom stereocenters. The van der Waals surface area contributed by atoms with Crippen molar-refractivity contribution in [2.45, 2.75) is 0 Å². The second kappa shape index (κ2) is 4.26. The van der Waals surface area contributed by atoms with Crippen LogP contribution in [0.1, 0.15) is 0 Å². The maximum Gasteiger partial charge on any atom is 0.139 e. The summed E-state index contributed by atoms with van der Waals surface area (Å²) in [5.41, 5.74) is 4.39. The van der Waals surface area contributed by atoms with Gasteiger partial charge in [-0.1, -0.05) is 17.6 Å². The van der Waals surface area contributed by atoms with Gasteiger partial charge < -0.3 is 9.73 Å². The number of nitrogens with one attached hydrogen (secondary N) is 1. The largest absolute Gasteiger partial charge is 0.456 e. The molecule has 1 N–H and O–H groups in total. The van der Waals surface area contributed by atoms with Crippen molar-refractivity contribution in [3.63, 3.8) is 0 Å². The Hall–Kier alpha value is -2.16. The Balaban J connectivity index is 2.07. The second-order valence-corrected chi connectivity index (χ2v) is 4.48. The zero-order valence-corrected chi connectivity index (χ0v) is 10.5. The minimum Gasteiger partial charge on any atom is -0.456 e. The van der Waals surface area contributed by atoms with Gasteiger partial charge in [-0.3, -0.25) is 0 Å². The van der Waals surface area contributed by atoms with Crippen LogP contribution in [0.5, 0.6) is 0 Å². The average molecular weight is 235 g/mol. The maximum absolute atomic E-state index is 5.86. The molecular weight excluding hydrogens is 221 g/mol. The van der Waals surface area contributed by atoms with Crippen molar-refractivity contribution in [1.82, 2.24) is 0 Å². The van der Waals surface area contributed by atoms with Crippen LogP contribution in [0.2, 0.25) is 0 Å². The van der Waals surface area contributed by atoms with E-state index >= 15 is 0 Å². The number of benzene rings is 2. The monoisotopic (exact) mass is 235 g/mol. The highest BCUT2D eigenvalue weighted by Crippen LogP contribution is 2.27. The third-order valence-electron chi connectivity index (χ3n) is 3.13. The second-order valence-electron chi connectivity index (χ2n) is 4.48. The van der Waals surface area contributed by atoms with Gasteiger partial charge in [-0.2, -0.15) is 0 Å². The normalized spacial score (nSPS) is 10.7. The van der Waals surface area contributed by atoms with Crippen molar-refractivity contribution in [3.05, 3.63) is 48.5 Å². The summed E-state index contributed by atoms with van der Waals surface area (Å²) in [5.74, 6) is 0.915. The summed E-state index contributed by atoms with van der Waals surface area (Å²) in [5, 5.41) is 4.26. The Morgan fingerprint density at radius 1 is 1.00 bits per heavy atom. The van der Waals surface area contributed by atoms with Crippen LogP contribution >= 0.6 is 0 Å². The van der Waals surface area contributed by atoms with Gasteiger partial charge >= 0.3 is 0 Å². The fourth-order valence-electron chi connectivity index (χ4n) is 2.11. The van der Waals surface area contributed by atoms with Crippen molar-refractivity contribution in [2.24, 2.45) is 0 Å². The molecule has 2 nitrogen and oxygen atoms in total. The van der Waals surface area contributed by atoms with E-state index < -0.39 is 0 Å². The molecular formula is C15H14BNO. The van der Waals surface area contributed by atoms with E-state index in [9.17, 15) is 0 Å². The fourth-order valence-corrected chi connectivity index (χ4v) is 2.11. The predicted octanol–water partition coefficient (Wildman–Crippen LogP) is 2.40. The molecule has 0 bridgehead atoms. The minimum atomic E-state index is 0.915. The van der Waals surface area contributed by atoms with Crippen LogP contribution in [0.25, 0.3) is 22.3 Å². The molecule has 3 aromatic rings. The van der Waals surface area contributed by atoms with E-state index in [0.29, 0.717) is 0 Å². The van der Waals surface area contributed by atoms with Crippen LogP contribution in [0, 0.1) is 0 Å². The number of furan rings is 1. The summed E-state index contributed by atoms with van der Waals surface area (Å²) < 4.78 is 5.86. The standard InChI is InChI=1S/C15H14BNO/c1-17-13-5-2-10(3-6-13)15-9-11-8-12(16)4-7-14(11)18-15/h2-9,17H,16H2,1H3. The molecule has 0 aliphatic carbocycles. The van der Waals surface area contributed by atoms with Gasteiger partial charge in [0, 0.05) is 23.7 Å². The van der Waals surface area contributed by atoms with Crippen LogP contribution in [0.3, 0.4) is 0 Å². The molecule has 0 amide bonds. The Bertz CT molecular complexity index is 685. The molecule has 18 heavy (non-hydrogen) atoms. The molecule has 3 rings (SSSR count). The van der Waals surface area contributed by atoms with Crippen molar-refractivity contribution >= 4 is 30.0 Å². The van der Waals surface area contributed by atoms with E-state index in [-0.39, 0.29) is 0 Å². The first-order valence-corrected chi connectivity index (χ1v) is 6.04. The van der Waals surface area contributed by atoms with Gasteiger partial charge in [-0.15, -0.1) is 0 Å². The molecule has 88 valence electrons. The topological polar surface area (TPSA) is 25.2 Å². The Morgan fingerprint density at radius 2 is 1.78 bits per heavy atom. The Morgan fingerprint density at radius 3 is 2.50 bits per heavy atom. The Labute approximate surface area is 107 Å². The van der Waals surface area contributed by atoms with E-state index in [4.69, 9.17) is 4.42 Å². The van der Waals surface area contributed by atoms with Gasteiger partial charge in [-0.05, 0) is 36.4 Å². The van der Waals surface area contributed by atoms with Crippen molar-refractivity contribution in [3.8, 4) is 11.3 Å². The van der Waals surface area contributed by atoms with Crippen LogP contribution in [0.4, 0.5) is 5.69 Å². The number of hydrogen-bond acceptors (Lipinski definition) is 2. The van der Waals surface area contributed by atoms with E-state index in [1.165, 1.54) is 5.46 Å². The summed E-state index contributed by atoms with van der Waals surface area (Å²) >= 11 is 0. The van der Waals surface area contributed by atoms with Crippen LogP contribution < -0.4 is 10.8 Å². The highest BCUT2D eigenvalue weighted by atomic mass is 16.3. The van der Waals surface area contributed by atoms with E-state index in [1.54, 1.807) is 0 Å². The van der Waals surface area contributed by atoms with Gasteiger partial charge in [0.05, 0.1) is 0 Å². The lowest BCUT2D eigenvalue weighted by Crippen LogP contribution is -1.98. The lowest BCUT2D eigenvalue weighted by molar-refractivity contribution is 0.631. The fraction of sp³-hybridized carbons (Fsp3) is 0.0667. The third kappa shape index (κ3) is 1.88. The van der Waals surface area contributed by atoms with Crippen LogP contribution in [0.15, 0.2) is 52.9 Å². The number of fused-ring (bicyclic) bond motifs is 1. The van der Waals surface area contributed by atoms with Gasteiger partial charge in [0.2, 0.25) is 0 Å². The third-order valence-corrected chi connectivity index (χ3v) is 3.13. The highest BCUT2D eigenvalue weighted by Gasteiger charge is 2.05. The van der Waals surface area contributed by atoms with Gasteiger partial charge in [-0.25, -0.2) is 0 Å². The molecule has 0 aliphatic heterocycles. The molecule has 0 unspecified atom stereocenters. The SMILES string of the molecule is Bc1ccc2oc(-c3ccc(NC)cc3)cc2c1. The molecule has 1 heterocycles. The van der Waals surface area contributed by atoms with Crippen molar-refractivity contribution < 1.29 is 4.42 Å². The maximum atomic E-state index is 5.86. The van der Waals surface area contributed by atoms with Gasteiger partial charge in [0.15, 0.2) is 0 Å². The van der Waals surface area contributed by atoms with Crippen molar-refractivity contribution in [2.75, 3.05) is 12.4 Å². The van der Waals surface area contributed by atoms with Crippen LogP contribution in [-0.2, 0) is 0 Å². The number of rotatable bonds is 2. The van der Waals surface area contributed by atoms with E-state index in [2.05, 4.69) is 43.5 Å². The lowest BCUT2D eigenvalue weighted by Gasteiger charge is -2.00. The smallest absolute Gasteiger partial charge is 0.139 e. The summed E-state index contributed by atoms with van der Waals surface area (Å²) in [6.07, 6.45) is 0. The summed E-state index contributed by atoms with van der Waals surface area (Å²) in [6.45, 7) is 0. The summed E-state index contributed by atoms with van der Waals surface area (Å²) in [6, 6.07) is 16.6. The molecule has 0 radical (unpaired) electrons. The first kappa shape index (κ1) is 11.0. The summed E-state index contributed by atoms with van der Waals surface area (Å²) in [7, 11) is 4.01. The first-order chi connectivity index (χ1) is 8.76. The number of anilines is 1. The predicted molar refractivity (Wildman–Crippen MR) is 79.4 cm³/mol. The molecule has 0 saturated heterocycles. The quantitative estimate of drug-likeness (QED) is 0.690. The Kier molecular flexibility index (Phi) is 2.60. The molecule has 0 spiro atoms. The van der Waals surface area contributed by atoms with E-state index in [0.717, 1.165) is 28.0 Å². The van der Waals surface area contributed by atoms with E-state index in [1.807, 2.05) is 25.2 Å². The average Bonchev–Trinajstić information content (AvgIpc) is 2.81. The number of hydrogen-bond donors (Lipinski definition) is 1. The first-order valence-electron chi connectivity index (χ1n) is 6.04. The molecule has 0 fully saturated rings. The summed E-state index contributed by atoms with van der Waals surface area (Å²) in [4.78, 5) is 0. The van der Waals surface area contributed by atoms with Crippen LogP contribution in [-0.4, -0.2) is 14.9 Å². The molecule has 0 saturated carbocycles.